The summed E-state index contributed by atoms with van der Waals surface area (Å²) in [5.41, 5.74) is 0.763. The minimum atomic E-state index is -0.502. The fourth-order valence-electron chi connectivity index (χ4n) is 2.77. The molecule has 1 atom stereocenters. The summed E-state index contributed by atoms with van der Waals surface area (Å²) in [4.78, 5) is 14.3. The first-order valence-corrected chi connectivity index (χ1v) is 6.54. The van der Waals surface area contributed by atoms with Gasteiger partial charge in [-0.05, 0) is 18.5 Å². The van der Waals surface area contributed by atoms with Crippen LogP contribution in [-0.2, 0) is 20.8 Å². The molecule has 0 spiro atoms. The molecule has 1 aromatic rings. The van der Waals surface area contributed by atoms with Gasteiger partial charge < -0.3 is 9.47 Å². The van der Waals surface area contributed by atoms with E-state index in [0.29, 0.717) is 13.2 Å². The van der Waals surface area contributed by atoms with Crippen LogP contribution < -0.4 is 0 Å². The van der Waals surface area contributed by atoms with Gasteiger partial charge in [-0.2, -0.15) is 0 Å². The Kier molecular flexibility index (Phi) is 4.56. The fourth-order valence-corrected chi connectivity index (χ4v) is 2.77. The molecule has 2 rings (SSSR count). The predicted octanol–water partition coefficient (Wildman–Crippen LogP) is 1.70. The van der Waals surface area contributed by atoms with Crippen LogP contribution in [0, 0.1) is 5.41 Å². The normalized spacial score (nSPS) is 23.5. The fraction of sp³-hybridized carbons (Fsp3) is 0.533. The van der Waals surface area contributed by atoms with E-state index in [1.165, 1.54) is 12.7 Å². The van der Waals surface area contributed by atoms with Crippen LogP contribution in [0.4, 0.5) is 0 Å². The minimum Gasteiger partial charge on any atom is -0.468 e. The Balaban J connectivity index is 2.02. The van der Waals surface area contributed by atoms with Gasteiger partial charge in [-0.1, -0.05) is 30.3 Å². The first-order valence-electron chi connectivity index (χ1n) is 6.54. The summed E-state index contributed by atoms with van der Waals surface area (Å²) in [6.45, 7) is 2.88. The predicted molar refractivity (Wildman–Crippen MR) is 72.7 cm³/mol. The number of likely N-dealkylation sites (tertiary alicyclic amines) is 1. The van der Waals surface area contributed by atoms with E-state index in [2.05, 4.69) is 17.0 Å². The summed E-state index contributed by atoms with van der Waals surface area (Å²) in [5.74, 6) is -0.162. The van der Waals surface area contributed by atoms with Gasteiger partial charge in [0.15, 0.2) is 0 Å². The molecule has 104 valence electrons. The molecule has 1 fully saturated rings. The SMILES string of the molecule is COC[C@]1(C(=O)OC)CCN(Cc2ccccc2)C1. The lowest BCUT2D eigenvalue weighted by Gasteiger charge is -2.25. The summed E-state index contributed by atoms with van der Waals surface area (Å²) in [7, 11) is 3.07. The number of methoxy groups -OCH3 is 2. The standard InChI is InChI=1S/C15H21NO3/c1-18-12-15(14(17)19-2)8-9-16(11-15)10-13-6-4-3-5-7-13/h3-7H,8-12H2,1-2H3/t15-/m0/s1. The van der Waals surface area contributed by atoms with Crippen molar-refractivity contribution in [1.82, 2.24) is 4.90 Å². The van der Waals surface area contributed by atoms with Crippen LogP contribution in [-0.4, -0.2) is 44.8 Å². The Morgan fingerprint density at radius 2 is 2.05 bits per heavy atom. The van der Waals surface area contributed by atoms with Crippen molar-refractivity contribution >= 4 is 5.97 Å². The van der Waals surface area contributed by atoms with Crippen molar-refractivity contribution in [2.75, 3.05) is 33.9 Å². The van der Waals surface area contributed by atoms with Gasteiger partial charge in [0.05, 0.1) is 13.7 Å². The third-order valence-electron chi connectivity index (χ3n) is 3.72. The average Bonchev–Trinajstić information content (AvgIpc) is 2.84. The zero-order valence-corrected chi connectivity index (χ0v) is 11.6. The van der Waals surface area contributed by atoms with Crippen molar-refractivity contribution in [1.29, 1.82) is 0 Å². The Hall–Kier alpha value is -1.39. The number of carbonyl (C=O) groups is 1. The highest BCUT2D eigenvalue weighted by molar-refractivity contribution is 5.77. The Bertz CT molecular complexity index is 421. The largest absolute Gasteiger partial charge is 0.468 e. The van der Waals surface area contributed by atoms with Gasteiger partial charge in [-0.3, -0.25) is 9.69 Å². The monoisotopic (exact) mass is 263 g/mol. The number of nitrogens with zero attached hydrogens (tertiary/aromatic N) is 1. The maximum absolute atomic E-state index is 12.0. The van der Waals surface area contributed by atoms with E-state index >= 15 is 0 Å². The molecule has 0 amide bonds. The second-order valence-corrected chi connectivity index (χ2v) is 5.15. The first-order chi connectivity index (χ1) is 9.20. The lowest BCUT2D eigenvalue weighted by atomic mass is 9.88. The van der Waals surface area contributed by atoms with Gasteiger partial charge in [0, 0.05) is 20.2 Å². The van der Waals surface area contributed by atoms with Crippen LogP contribution in [0.1, 0.15) is 12.0 Å². The molecular formula is C15H21NO3. The lowest BCUT2D eigenvalue weighted by molar-refractivity contribution is -0.155. The number of esters is 1. The number of hydrogen-bond donors (Lipinski definition) is 0. The highest BCUT2D eigenvalue weighted by Crippen LogP contribution is 2.33. The number of ether oxygens (including phenoxy) is 2. The Labute approximate surface area is 114 Å². The molecule has 0 unspecified atom stereocenters. The van der Waals surface area contributed by atoms with Crippen LogP contribution in [0.5, 0.6) is 0 Å². The first kappa shape index (κ1) is 14.0. The summed E-state index contributed by atoms with van der Waals surface area (Å²) in [6.07, 6.45) is 0.792. The smallest absolute Gasteiger partial charge is 0.315 e. The van der Waals surface area contributed by atoms with Gasteiger partial charge in [-0.25, -0.2) is 0 Å². The third-order valence-corrected chi connectivity index (χ3v) is 3.72. The van der Waals surface area contributed by atoms with Gasteiger partial charge in [0.2, 0.25) is 0 Å². The van der Waals surface area contributed by atoms with E-state index in [1.54, 1.807) is 7.11 Å². The molecule has 1 heterocycles. The molecule has 0 aliphatic carbocycles. The van der Waals surface area contributed by atoms with Gasteiger partial charge in [-0.15, -0.1) is 0 Å². The van der Waals surface area contributed by atoms with Crippen molar-refractivity contribution in [3.8, 4) is 0 Å². The van der Waals surface area contributed by atoms with Crippen molar-refractivity contribution < 1.29 is 14.3 Å². The molecule has 0 saturated carbocycles. The van der Waals surface area contributed by atoms with Gasteiger partial charge >= 0.3 is 5.97 Å². The molecular weight excluding hydrogens is 242 g/mol. The molecule has 1 saturated heterocycles. The third kappa shape index (κ3) is 3.14. The second kappa shape index (κ2) is 6.17. The molecule has 1 aliphatic rings. The van der Waals surface area contributed by atoms with Crippen molar-refractivity contribution in [3.05, 3.63) is 35.9 Å². The molecule has 0 bridgehead atoms. The molecule has 0 radical (unpaired) electrons. The maximum Gasteiger partial charge on any atom is 0.315 e. The van der Waals surface area contributed by atoms with E-state index in [-0.39, 0.29) is 5.97 Å². The van der Waals surface area contributed by atoms with E-state index in [1.807, 2.05) is 18.2 Å². The zero-order chi connectivity index (χ0) is 13.7. The molecule has 0 aromatic heterocycles. The molecule has 0 N–H and O–H groups in total. The van der Waals surface area contributed by atoms with Crippen molar-refractivity contribution in [3.63, 3.8) is 0 Å². The molecule has 4 nitrogen and oxygen atoms in total. The summed E-state index contributed by atoms with van der Waals surface area (Å²) in [5, 5.41) is 0. The molecule has 19 heavy (non-hydrogen) atoms. The van der Waals surface area contributed by atoms with E-state index in [4.69, 9.17) is 9.47 Å². The summed E-state index contributed by atoms with van der Waals surface area (Å²) >= 11 is 0. The Morgan fingerprint density at radius 3 is 2.68 bits per heavy atom. The summed E-state index contributed by atoms with van der Waals surface area (Å²) in [6, 6.07) is 10.3. The summed E-state index contributed by atoms with van der Waals surface area (Å²) < 4.78 is 10.2. The number of rotatable bonds is 5. The molecule has 1 aliphatic heterocycles. The van der Waals surface area contributed by atoms with Crippen molar-refractivity contribution in [2.45, 2.75) is 13.0 Å². The second-order valence-electron chi connectivity index (χ2n) is 5.15. The number of benzene rings is 1. The number of carbonyl (C=O) groups excluding carboxylic acids is 1. The minimum absolute atomic E-state index is 0.162. The lowest BCUT2D eigenvalue weighted by Crippen LogP contribution is -2.39. The van der Waals surface area contributed by atoms with E-state index in [0.717, 1.165) is 19.5 Å². The van der Waals surface area contributed by atoms with Gasteiger partial charge in [0.25, 0.3) is 0 Å². The average molecular weight is 263 g/mol. The highest BCUT2D eigenvalue weighted by Gasteiger charge is 2.45. The van der Waals surface area contributed by atoms with Gasteiger partial charge in [0.1, 0.15) is 5.41 Å². The van der Waals surface area contributed by atoms with Crippen LogP contribution >= 0.6 is 0 Å². The maximum atomic E-state index is 12.0. The van der Waals surface area contributed by atoms with Crippen LogP contribution in [0.2, 0.25) is 0 Å². The highest BCUT2D eigenvalue weighted by atomic mass is 16.5. The zero-order valence-electron chi connectivity index (χ0n) is 11.6. The van der Waals surface area contributed by atoms with Crippen LogP contribution in [0.15, 0.2) is 30.3 Å². The molecule has 1 aromatic carbocycles. The van der Waals surface area contributed by atoms with Crippen LogP contribution in [0.25, 0.3) is 0 Å². The number of hydrogen-bond acceptors (Lipinski definition) is 4. The van der Waals surface area contributed by atoms with Crippen LogP contribution in [0.3, 0.4) is 0 Å². The quantitative estimate of drug-likeness (QED) is 0.758. The van der Waals surface area contributed by atoms with E-state index in [9.17, 15) is 4.79 Å². The van der Waals surface area contributed by atoms with Crippen molar-refractivity contribution in [2.24, 2.45) is 5.41 Å². The Morgan fingerprint density at radius 1 is 1.32 bits per heavy atom. The topological polar surface area (TPSA) is 38.8 Å². The molecule has 4 heteroatoms. The van der Waals surface area contributed by atoms with E-state index < -0.39 is 5.41 Å².